The Morgan fingerprint density at radius 3 is 2.82 bits per heavy atom. The number of nitrogens with zero attached hydrogens (tertiary/aromatic N) is 1. The van der Waals surface area contributed by atoms with E-state index < -0.39 is 0 Å². The lowest BCUT2D eigenvalue weighted by Gasteiger charge is -1.97. The first-order valence-electron chi connectivity index (χ1n) is 5.64. The summed E-state index contributed by atoms with van der Waals surface area (Å²) in [4.78, 5) is 11.2. The quantitative estimate of drug-likeness (QED) is 0.780. The number of benzene rings is 1. The van der Waals surface area contributed by atoms with Crippen molar-refractivity contribution in [2.45, 2.75) is 26.8 Å². The number of methoxy groups -OCH3 is 1. The predicted octanol–water partition coefficient (Wildman–Crippen LogP) is 2.35. The van der Waals surface area contributed by atoms with Gasteiger partial charge in [-0.25, -0.2) is 0 Å². The number of hydrogen-bond acceptors (Lipinski definition) is 3. The van der Waals surface area contributed by atoms with E-state index in [1.807, 2.05) is 12.1 Å². The Kier molecular flexibility index (Phi) is 3.43. The summed E-state index contributed by atoms with van der Waals surface area (Å²) in [5.74, 6) is 1.05. The second-order valence-electron chi connectivity index (χ2n) is 3.95. The summed E-state index contributed by atoms with van der Waals surface area (Å²) in [5, 5.41) is 1.11. The molecule has 0 unspecified atom stereocenters. The van der Waals surface area contributed by atoms with Crippen molar-refractivity contribution in [2.75, 3.05) is 7.11 Å². The highest BCUT2D eigenvalue weighted by Gasteiger charge is 2.20. The number of rotatable bonds is 4. The van der Waals surface area contributed by atoms with Crippen molar-refractivity contribution in [3.8, 4) is 5.75 Å². The van der Waals surface area contributed by atoms with Crippen LogP contribution in [0, 0.1) is 0 Å². The van der Waals surface area contributed by atoms with Crippen LogP contribution in [0.5, 0.6) is 5.75 Å². The Hall–Kier alpha value is -1.42. The van der Waals surface area contributed by atoms with Crippen LogP contribution in [0.25, 0.3) is 10.2 Å². The van der Waals surface area contributed by atoms with E-state index in [1.165, 1.54) is 4.70 Å². The number of carbonyl (C=O) groups is 1. The molecule has 3 nitrogen and oxygen atoms in total. The Morgan fingerprint density at radius 1 is 1.47 bits per heavy atom. The third-order valence-electron chi connectivity index (χ3n) is 2.70. The highest BCUT2D eigenvalue weighted by molar-refractivity contribution is 7.18. The maximum atomic E-state index is 11.2. The molecule has 0 radical (unpaired) electrons. The first-order valence-corrected chi connectivity index (χ1v) is 6.46. The molecule has 1 heterocycles. The zero-order valence-electron chi connectivity index (χ0n) is 10.3. The van der Waals surface area contributed by atoms with Crippen molar-refractivity contribution in [1.29, 1.82) is 0 Å². The molecular formula is C13H16NO2S+. The van der Waals surface area contributed by atoms with Crippen molar-refractivity contribution < 1.29 is 14.1 Å². The van der Waals surface area contributed by atoms with Crippen LogP contribution in [0.3, 0.4) is 0 Å². The molecule has 4 heteroatoms. The molecule has 1 aromatic heterocycles. The number of carbonyl (C=O) groups excluding carboxylic acids is 1. The molecule has 0 N–H and O–H groups in total. The number of ketones is 1. The Morgan fingerprint density at radius 2 is 2.24 bits per heavy atom. The van der Waals surface area contributed by atoms with Gasteiger partial charge >= 0.3 is 0 Å². The molecule has 0 saturated heterocycles. The molecule has 90 valence electrons. The van der Waals surface area contributed by atoms with Gasteiger partial charge in [0.25, 0.3) is 0 Å². The second kappa shape index (κ2) is 4.84. The Balaban J connectivity index is 2.58. The van der Waals surface area contributed by atoms with Gasteiger partial charge in [0.1, 0.15) is 29.2 Å². The van der Waals surface area contributed by atoms with Gasteiger partial charge in [0.15, 0.2) is 0 Å². The molecule has 2 rings (SSSR count). The maximum Gasteiger partial charge on any atom is 0.245 e. The summed E-state index contributed by atoms with van der Waals surface area (Å²) < 4.78 is 8.62. The van der Waals surface area contributed by atoms with E-state index in [4.69, 9.17) is 4.74 Å². The summed E-state index contributed by atoms with van der Waals surface area (Å²) in [6.45, 7) is 4.59. The minimum atomic E-state index is 0.200. The molecule has 0 aliphatic carbocycles. The average molecular weight is 250 g/mol. The molecule has 2 aromatic rings. The van der Waals surface area contributed by atoms with E-state index >= 15 is 0 Å². The van der Waals surface area contributed by atoms with Crippen LogP contribution in [0.2, 0.25) is 0 Å². The molecule has 0 amide bonds. The van der Waals surface area contributed by atoms with Crippen LogP contribution < -0.4 is 9.30 Å². The van der Waals surface area contributed by atoms with Crippen LogP contribution >= 0.6 is 11.3 Å². The third-order valence-corrected chi connectivity index (χ3v) is 3.87. The van der Waals surface area contributed by atoms with E-state index in [0.29, 0.717) is 6.42 Å². The molecule has 0 aliphatic heterocycles. The first-order chi connectivity index (χ1) is 8.15. The third kappa shape index (κ3) is 2.31. The van der Waals surface area contributed by atoms with Crippen molar-refractivity contribution >= 4 is 27.3 Å². The first kappa shape index (κ1) is 12.0. The lowest BCUT2D eigenvalue weighted by molar-refractivity contribution is -0.670. The van der Waals surface area contributed by atoms with Gasteiger partial charge in [-0.15, -0.1) is 0 Å². The molecular weight excluding hydrogens is 234 g/mol. The fourth-order valence-electron chi connectivity index (χ4n) is 1.93. The van der Waals surface area contributed by atoms with Gasteiger partial charge in [-0.05, 0) is 26.0 Å². The van der Waals surface area contributed by atoms with Gasteiger partial charge in [0, 0.05) is 0 Å². The number of aryl methyl sites for hydroxylation is 1. The molecule has 0 spiro atoms. The number of thiazole rings is 1. The van der Waals surface area contributed by atoms with Gasteiger partial charge in [-0.2, -0.15) is 4.57 Å². The molecule has 0 aliphatic rings. The normalized spacial score (nSPS) is 10.8. The summed E-state index contributed by atoms with van der Waals surface area (Å²) >= 11 is 1.68. The highest BCUT2D eigenvalue weighted by Crippen LogP contribution is 2.25. The van der Waals surface area contributed by atoms with Crippen LogP contribution in [0.1, 0.15) is 18.9 Å². The van der Waals surface area contributed by atoms with E-state index in [2.05, 4.69) is 17.6 Å². The van der Waals surface area contributed by atoms with Gasteiger partial charge in [-0.1, -0.05) is 11.3 Å². The monoisotopic (exact) mass is 250 g/mol. The van der Waals surface area contributed by atoms with Gasteiger partial charge in [0.05, 0.1) is 13.2 Å². The van der Waals surface area contributed by atoms with Crippen LogP contribution in [0.15, 0.2) is 18.2 Å². The molecule has 17 heavy (non-hydrogen) atoms. The zero-order valence-corrected chi connectivity index (χ0v) is 11.1. The Bertz CT molecular complexity index is 560. The summed E-state index contributed by atoms with van der Waals surface area (Å²) in [7, 11) is 1.67. The molecule has 0 atom stereocenters. The van der Waals surface area contributed by atoms with Crippen molar-refractivity contribution in [3.63, 3.8) is 0 Å². The van der Waals surface area contributed by atoms with Crippen molar-refractivity contribution in [3.05, 3.63) is 23.2 Å². The maximum absolute atomic E-state index is 11.2. The summed E-state index contributed by atoms with van der Waals surface area (Å²) in [6.07, 6.45) is 0.509. The van der Waals surface area contributed by atoms with E-state index in [-0.39, 0.29) is 5.78 Å². The largest absolute Gasteiger partial charge is 0.497 e. The number of Topliss-reactive ketones (excluding diaryl/α,β-unsaturated/α-hetero) is 1. The SMILES string of the molecule is CC[n+]1c(CC(C)=O)sc2ccc(OC)cc21. The second-order valence-corrected chi connectivity index (χ2v) is 5.07. The molecule has 0 bridgehead atoms. The summed E-state index contributed by atoms with van der Waals surface area (Å²) in [5.41, 5.74) is 1.15. The summed E-state index contributed by atoms with van der Waals surface area (Å²) in [6, 6.07) is 6.03. The standard InChI is InChI=1S/C13H16NO2S/c1-4-14-11-8-10(16-3)5-6-12(11)17-13(14)7-9(2)15/h5-6,8H,4,7H2,1-3H3/q+1. The number of ether oxygens (including phenoxy) is 1. The van der Waals surface area contributed by atoms with Crippen molar-refractivity contribution in [1.82, 2.24) is 0 Å². The minimum absolute atomic E-state index is 0.200. The lowest BCUT2D eigenvalue weighted by Crippen LogP contribution is -2.35. The fourth-order valence-corrected chi connectivity index (χ4v) is 3.21. The van der Waals surface area contributed by atoms with Gasteiger partial charge in [0.2, 0.25) is 10.5 Å². The molecule has 1 aromatic carbocycles. The van der Waals surface area contributed by atoms with Crippen LogP contribution in [0.4, 0.5) is 0 Å². The van der Waals surface area contributed by atoms with E-state index in [9.17, 15) is 4.79 Å². The fraction of sp³-hybridized carbons (Fsp3) is 0.385. The zero-order chi connectivity index (χ0) is 12.4. The van der Waals surface area contributed by atoms with E-state index in [0.717, 1.165) is 22.8 Å². The smallest absolute Gasteiger partial charge is 0.245 e. The Labute approximate surface area is 105 Å². The number of aromatic nitrogens is 1. The number of hydrogen-bond donors (Lipinski definition) is 0. The van der Waals surface area contributed by atoms with Gasteiger partial charge < -0.3 is 4.74 Å². The lowest BCUT2D eigenvalue weighted by atomic mass is 10.3. The predicted molar refractivity (Wildman–Crippen MR) is 68.6 cm³/mol. The minimum Gasteiger partial charge on any atom is -0.497 e. The molecule has 0 fully saturated rings. The van der Waals surface area contributed by atoms with E-state index in [1.54, 1.807) is 25.4 Å². The van der Waals surface area contributed by atoms with Crippen LogP contribution in [-0.2, 0) is 17.8 Å². The molecule has 0 saturated carbocycles. The van der Waals surface area contributed by atoms with Gasteiger partial charge in [-0.3, -0.25) is 4.79 Å². The van der Waals surface area contributed by atoms with Crippen molar-refractivity contribution in [2.24, 2.45) is 0 Å². The van der Waals surface area contributed by atoms with Crippen LogP contribution in [-0.4, -0.2) is 12.9 Å². The average Bonchev–Trinajstić information content (AvgIpc) is 2.63. The highest BCUT2D eigenvalue weighted by atomic mass is 32.1. The number of fused-ring (bicyclic) bond motifs is 1. The topological polar surface area (TPSA) is 30.2 Å².